The highest BCUT2D eigenvalue weighted by Gasteiger charge is 2.31. The van der Waals surface area contributed by atoms with E-state index < -0.39 is 11.7 Å². The molecule has 2 aliphatic heterocycles. The predicted molar refractivity (Wildman–Crippen MR) is 91.6 cm³/mol. The summed E-state index contributed by atoms with van der Waals surface area (Å²) < 4.78 is 38.3. The molecule has 3 rings (SSSR count). The van der Waals surface area contributed by atoms with Crippen molar-refractivity contribution in [2.24, 2.45) is 0 Å². The van der Waals surface area contributed by atoms with E-state index in [-0.39, 0.29) is 24.4 Å². The average Bonchev–Trinajstić information content (AvgIpc) is 3.09. The van der Waals surface area contributed by atoms with Gasteiger partial charge in [-0.25, -0.2) is 0 Å². The summed E-state index contributed by atoms with van der Waals surface area (Å²) in [6, 6.07) is 5.41. The maximum Gasteiger partial charge on any atom is 0.416 e. The fourth-order valence-electron chi connectivity index (χ4n) is 3.35. The van der Waals surface area contributed by atoms with E-state index >= 15 is 0 Å². The van der Waals surface area contributed by atoms with Gasteiger partial charge in [0.2, 0.25) is 5.91 Å². The molecule has 4 nitrogen and oxygen atoms in total. The number of hydrogen-bond acceptors (Lipinski definition) is 3. The van der Waals surface area contributed by atoms with Crippen LogP contribution in [0.3, 0.4) is 0 Å². The zero-order chi connectivity index (χ0) is 17.2. The van der Waals surface area contributed by atoms with Gasteiger partial charge in [-0.2, -0.15) is 13.2 Å². The molecular weight excluding hydrogens is 355 g/mol. The number of amides is 1. The van der Waals surface area contributed by atoms with Gasteiger partial charge in [0.25, 0.3) is 0 Å². The maximum absolute atomic E-state index is 12.8. The molecule has 2 fully saturated rings. The number of benzene rings is 1. The van der Waals surface area contributed by atoms with Gasteiger partial charge in [0, 0.05) is 32.7 Å². The van der Waals surface area contributed by atoms with Crippen LogP contribution < -0.4 is 5.32 Å². The molecule has 8 heteroatoms. The van der Waals surface area contributed by atoms with Crippen molar-refractivity contribution in [1.29, 1.82) is 0 Å². The summed E-state index contributed by atoms with van der Waals surface area (Å²) in [7, 11) is 0. The summed E-state index contributed by atoms with van der Waals surface area (Å²) in [5.74, 6) is 0.159. The fourth-order valence-corrected chi connectivity index (χ4v) is 3.35. The highest BCUT2D eigenvalue weighted by atomic mass is 35.5. The Morgan fingerprint density at radius 3 is 2.52 bits per heavy atom. The van der Waals surface area contributed by atoms with E-state index in [1.807, 2.05) is 4.90 Å². The van der Waals surface area contributed by atoms with Gasteiger partial charge in [-0.15, -0.1) is 12.4 Å². The molecule has 1 atom stereocenters. The van der Waals surface area contributed by atoms with Crippen LogP contribution in [0, 0.1) is 0 Å². The molecule has 25 heavy (non-hydrogen) atoms. The van der Waals surface area contributed by atoms with E-state index in [2.05, 4.69) is 10.2 Å². The molecule has 2 aliphatic rings. The van der Waals surface area contributed by atoms with Gasteiger partial charge in [0.1, 0.15) is 0 Å². The molecule has 0 aliphatic carbocycles. The second-order valence-corrected chi connectivity index (χ2v) is 6.45. The Kier molecular flexibility index (Phi) is 6.71. The molecule has 1 unspecified atom stereocenters. The van der Waals surface area contributed by atoms with Crippen molar-refractivity contribution in [2.45, 2.75) is 31.6 Å². The number of alkyl halides is 3. The first-order chi connectivity index (χ1) is 11.4. The van der Waals surface area contributed by atoms with E-state index in [1.165, 1.54) is 12.1 Å². The van der Waals surface area contributed by atoms with Gasteiger partial charge in [0.05, 0.1) is 11.6 Å². The summed E-state index contributed by atoms with van der Waals surface area (Å²) in [4.78, 5) is 16.3. The van der Waals surface area contributed by atoms with Crippen molar-refractivity contribution in [3.8, 4) is 0 Å². The second kappa shape index (κ2) is 8.38. The summed E-state index contributed by atoms with van der Waals surface area (Å²) >= 11 is 0. The van der Waals surface area contributed by atoms with Crippen LogP contribution in [-0.4, -0.2) is 54.5 Å². The SMILES string of the molecule is Cl.O=C(C1CCCN1)N1CCN(Cc2cccc(C(F)(F)F)c2)CC1. The van der Waals surface area contributed by atoms with Crippen LogP contribution in [0.25, 0.3) is 0 Å². The zero-order valence-electron chi connectivity index (χ0n) is 13.9. The minimum atomic E-state index is -4.31. The standard InChI is InChI=1S/C17H22F3N3O.ClH/c18-17(19,20)14-4-1-3-13(11-14)12-22-7-9-23(10-8-22)16(24)15-5-2-6-21-15;/h1,3-4,11,15,21H,2,5-10,12H2;1H. The Morgan fingerprint density at radius 2 is 1.92 bits per heavy atom. The maximum atomic E-state index is 12.8. The predicted octanol–water partition coefficient (Wildman–Crippen LogP) is 2.52. The molecule has 1 aromatic carbocycles. The molecule has 0 aromatic heterocycles. The number of carbonyl (C=O) groups excluding carboxylic acids is 1. The number of hydrogen-bond donors (Lipinski definition) is 1. The van der Waals surface area contributed by atoms with Gasteiger partial charge in [-0.05, 0) is 31.0 Å². The van der Waals surface area contributed by atoms with Crippen LogP contribution in [-0.2, 0) is 17.5 Å². The third-order valence-electron chi connectivity index (χ3n) is 4.70. The minimum absolute atomic E-state index is 0. The third-order valence-corrected chi connectivity index (χ3v) is 4.70. The normalized spacial score (nSPS) is 21.9. The number of carbonyl (C=O) groups is 1. The number of nitrogens with one attached hydrogen (secondary N) is 1. The van der Waals surface area contributed by atoms with Crippen molar-refractivity contribution in [2.75, 3.05) is 32.7 Å². The summed E-state index contributed by atoms with van der Waals surface area (Å²) in [6.45, 7) is 4.02. The summed E-state index contributed by atoms with van der Waals surface area (Å²) in [5, 5.41) is 3.21. The third kappa shape index (κ3) is 5.09. The molecule has 0 bridgehead atoms. The van der Waals surface area contributed by atoms with Gasteiger partial charge in [-0.3, -0.25) is 9.69 Å². The fraction of sp³-hybridized carbons (Fsp3) is 0.588. The minimum Gasteiger partial charge on any atom is -0.339 e. The van der Waals surface area contributed by atoms with E-state index in [0.29, 0.717) is 38.3 Å². The average molecular weight is 378 g/mol. The topological polar surface area (TPSA) is 35.6 Å². The van der Waals surface area contributed by atoms with Crippen LogP contribution in [0.4, 0.5) is 13.2 Å². The van der Waals surface area contributed by atoms with Crippen molar-refractivity contribution in [1.82, 2.24) is 15.1 Å². The van der Waals surface area contributed by atoms with Gasteiger partial charge >= 0.3 is 6.18 Å². The van der Waals surface area contributed by atoms with E-state index in [1.54, 1.807) is 6.07 Å². The highest BCUT2D eigenvalue weighted by Crippen LogP contribution is 2.29. The van der Waals surface area contributed by atoms with Crippen molar-refractivity contribution >= 4 is 18.3 Å². The second-order valence-electron chi connectivity index (χ2n) is 6.45. The van der Waals surface area contributed by atoms with Crippen LogP contribution in [0.2, 0.25) is 0 Å². The van der Waals surface area contributed by atoms with Crippen LogP contribution >= 0.6 is 12.4 Å². The molecule has 0 radical (unpaired) electrons. The number of halogens is 4. The van der Waals surface area contributed by atoms with Gasteiger partial charge in [0.15, 0.2) is 0 Å². The lowest BCUT2D eigenvalue weighted by molar-refractivity contribution is -0.138. The Bertz CT molecular complexity index is 583. The van der Waals surface area contributed by atoms with Crippen molar-refractivity contribution < 1.29 is 18.0 Å². The summed E-state index contributed by atoms with van der Waals surface area (Å²) in [5.41, 5.74) is 0.0446. The van der Waals surface area contributed by atoms with Gasteiger partial charge in [-0.1, -0.05) is 18.2 Å². The van der Waals surface area contributed by atoms with Crippen LogP contribution in [0.5, 0.6) is 0 Å². The smallest absolute Gasteiger partial charge is 0.339 e. The Balaban J connectivity index is 0.00000225. The molecule has 1 N–H and O–H groups in total. The van der Waals surface area contributed by atoms with Crippen LogP contribution in [0.15, 0.2) is 24.3 Å². The highest BCUT2D eigenvalue weighted by molar-refractivity contribution is 5.85. The molecule has 2 heterocycles. The lowest BCUT2D eigenvalue weighted by Crippen LogP contribution is -2.52. The number of piperazine rings is 1. The molecule has 140 valence electrons. The first-order valence-corrected chi connectivity index (χ1v) is 8.34. The first kappa shape index (κ1) is 20.0. The molecule has 1 amide bonds. The molecular formula is C17H23ClF3N3O. The summed E-state index contributed by atoms with van der Waals surface area (Å²) in [6.07, 6.45) is -2.38. The molecule has 1 aromatic rings. The lowest BCUT2D eigenvalue weighted by Gasteiger charge is -2.36. The van der Waals surface area contributed by atoms with E-state index in [4.69, 9.17) is 0 Å². The first-order valence-electron chi connectivity index (χ1n) is 8.34. The monoisotopic (exact) mass is 377 g/mol. The van der Waals surface area contributed by atoms with Gasteiger partial charge < -0.3 is 10.2 Å². The number of nitrogens with zero attached hydrogens (tertiary/aromatic N) is 2. The van der Waals surface area contributed by atoms with E-state index in [9.17, 15) is 18.0 Å². The Morgan fingerprint density at radius 1 is 1.20 bits per heavy atom. The lowest BCUT2D eigenvalue weighted by atomic mass is 10.1. The Hall–Kier alpha value is -1.31. The van der Waals surface area contributed by atoms with Crippen molar-refractivity contribution in [3.63, 3.8) is 0 Å². The Labute approximate surface area is 151 Å². The number of rotatable bonds is 3. The quantitative estimate of drug-likeness (QED) is 0.879. The molecule has 2 saturated heterocycles. The molecule has 0 spiro atoms. The largest absolute Gasteiger partial charge is 0.416 e. The molecule has 0 saturated carbocycles. The van der Waals surface area contributed by atoms with E-state index in [0.717, 1.165) is 25.5 Å². The van der Waals surface area contributed by atoms with Crippen molar-refractivity contribution in [3.05, 3.63) is 35.4 Å². The zero-order valence-corrected chi connectivity index (χ0v) is 14.7. The van der Waals surface area contributed by atoms with Crippen LogP contribution in [0.1, 0.15) is 24.0 Å².